The molecule has 1 N–H and O–H groups in total. The van der Waals surface area contributed by atoms with Crippen molar-refractivity contribution in [2.24, 2.45) is 0 Å². The predicted octanol–water partition coefficient (Wildman–Crippen LogP) is 5.58. The van der Waals surface area contributed by atoms with Crippen LogP contribution >= 0.6 is 11.6 Å². The summed E-state index contributed by atoms with van der Waals surface area (Å²) >= 11 is 6.40. The maximum Gasteiger partial charge on any atom is 0.308 e. The molecule has 0 saturated heterocycles. The molecule has 4 rings (SSSR count). The number of tetrazole rings is 1. The molecule has 1 aromatic carbocycles. The summed E-state index contributed by atoms with van der Waals surface area (Å²) < 4.78 is 32.7. The van der Waals surface area contributed by atoms with Crippen LogP contribution in [0.4, 0.5) is 8.78 Å². The summed E-state index contributed by atoms with van der Waals surface area (Å²) in [7, 11) is 0. The van der Waals surface area contributed by atoms with Crippen LogP contribution in [0.15, 0.2) is 36.4 Å². The largest absolute Gasteiger partial charge is 0.308 e. The van der Waals surface area contributed by atoms with E-state index in [0.717, 1.165) is 29.8 Å². The lowest BCUT2D eigenvalue weighted by atomic mass is 10.1. The van der Waals surface area contributed by atoms with Gasteiger partial charge < -0.3 is 0 Å². The van der Waals surface area contributed by atoms with Crippen LogP contribution in [0.3, 0.4) is 0 Å². The molecule has 3 aromatic heterocycles. The zero-order valence-electron chi connectivity index (χ0n) is 19.2. The first kappa shape index (κ1) is 24.0. The van der Waals surface area contributed by atoms with Gasteiger partial charge in [-0.25, -0.2) is 14.8 Å². The van der Waals surface area contributed by atoms with Gasteiger partial charge in [0.05, 0.1) is 12.2 Å². The van der Waals surface area contributed by atoms with Crippen molar-refractivity contribution in [3.8, 4) is 17.2 Å². The van der Waals surface area contributed by atoms with Gasteiger partial charge in [0.25, 0.3) is 0 Å². The van der Waals surface area contributed by atoms with E-state index in [2.05, 4.69) is 37.6 Å². The Kier molecular flexibility index (Phi) is 7.35. The number of hydrogen-bond acceptors (Lipinski definition) is 5. The van der Waals surface area contributed by atoms with Gasteiger partial charge in [-0.05, 0) is 53.1 Å². The van der Waals surface area contributed by atoms with Crippen LogP contribution in [0.1, 0.15) is 63.2 Å². The maximum absolute atomic E-state index is 14.6. The minimum absolute atomic E-state index is 0.240. The molecule has 0 radical (unpaired) electrons. The Morgan fingerprint density at radius 2 is 1.79 bits per heavy atom. The van der Waals surface area contributed by atoms with Crippen molar-refractivity contribution in [3.05, 3.63) is 58.8 Å². The Balaban J connectivity index is 1.59. The number of rotatable bonds is 11. The third kappa shape index (κ3) is 5.16. The van der Waals surface area contributed by atoms with Gasteiger partial charge in [-0.1, -0.05) is 50.4 Å². The lowest BCUT2D eigenvalue weighted by Gasteiger charge is -2.11. The molecular weight excluding hydrogens is 462 g/mol. The zero-order chi connectivity index (χ0) is 24.1. The number of hydrogen-bond donors (Lipinski definition) is 1. The highest BCUT2D eigenvalue weighted by atomic mass is 35.5. The molecule has 8 nitrogen and oxygen atoms in total. The van der Waals surface area contributed by atoms with Gasteiger partial charge in [0.15, 0.2) is 5.82 Å². The van der Waals surface area contributed by atoms with Crippen LogP contribution in [-0.2, 0) is 18.9 Å². The molecular formula is C23H27ClF2N8. The molecule has 0 spiro atoms. The molecule has 0 aliphatic carbocycles. The maximum atomic E-state index is 14.6. The number of halogens is 3. The van der Waals surface area contributed by atoms with E-state index in [0.29, 0.717) is 42.6 Å². The number of alkyl halides is 2. The summed E-state index contributed by atoms with van der Waals surface area (Å²) in [6.07, 6.45) is 3.31. The molecule has 0 bridgehead atoms. The number of benzene rings is 1. The lowest BCUT2D eigenvalue weighted by molar-refractivity contribution is -0.0245. The minimum atomic E-state index is -3.02. The SMILES string of the molecule is CCCCc1nc(C(F)(F)CCCC)nn1Cc1ccc(-n2c(Cl)ccc2-c2nnn[nH]2)cc1. The Bertz CT molecular complexity index is 1200. The number of aromatic amines is 1. The lowest BCUT2D eigenvalue weighted by Crippen LogP contribution is -2.16. The smallest absolute Gasteiger partial charge is 0.297 e. The minimum Gasteiger partial charge on any atom is -0.297 e. The summed E-state index contributed by atoms with van der Waals surface area (Å²) in [5, 5.41) is 18.7. The molecule has 34 heavy (non-hydrogen) atoms. The molecule has 0 atom stereocenters. The zero-order valence-corrected chi connectivity index (χ0v) is 19.9. The second-order valence-corrected chi connectivity index (χ2v) is 8.60. The summed E-state index contributed by atoms with van der Waals surface area (Å²) in [6, 6.07) is 11.3. The first-order valence-electron chi connectivity index (χ1n) is 11.5. The third-order valence-corrected chi connectivity index (χ3v) is 5.92. The highest BCUT2D eigenvalue weighted by molar-refractivity contribution is 6.30. The van der Waals surface area contributed by atoms with Crippen molar-refractivity contribution in [1.82, 2.24) is 40.0 Å². The molecule has 180 valence electrons. The molecule has 0 saturated carbocycles. The van der Waals surface area contributed by atoms with Gasteiger partial charge in [0.1, 0.15) is 11.0 Å². The molecule has 0 fully saturated rings. The van der Waals surface area contributed by atoms with Crippen molar-refractivity contribution in [2.45, 2.75) is 64.8 Å². The fraction of sp³-hybridized carbons (Fsp3) is 0.435. The summed E-state index contributed by atoms with van der Waals surface area (Å²) in [4.78, 5) is 4.24. The Morgan fingerprint density at radius 1 is 1.03 bits per heavy atom. The van der Waals surface area contributed by atoms with E-state index in [4.69, 9.17) is 11.6 Å². The molecule has 3 heterocycles. The van der Waals surface area contributed by atoms with Crippen molar-refractivity contribution in [3.63, 3.8) is 0 Å². The normalized spacial score (nSPS) is 11.9. The van der Waals surface area contributed by atoms with E-state index in [1.807, 2.05) is 41.8 Å². The summed E-state index contributed by atoms with van der Waals surface area (Å²) in [5.41, 5.74) is 2.46. The number of aromatic nitrogens is 8. The standard InChI is InChI=1S/C23H27ClF2N8/c1-3-5-7-20-27-22(23(25,26)14-6-4-2)30-33(20)15-16-8-10-17(11-9-16)34-18(12-13-19(34)24)21-28-31-32-29-21/h8-13H,3-7,14-15H2,1-2H3,(H,28,29,31,32). The molecule has 0 unspecified atom stereocenters. The molecule has 0 amide bonds. The molecule has 0 aliphatic heterocycles. The van der Waals surface area contributed by atoms with Crippen LogP contribution in [0.5, 0.6) is 0 Å². The second-order valence-electron chi connectivity index (χ2n) is 8.21. The quantitative estimate of drug-likeness (QED) is 0.298. The van der Waals surface area contributed by atoms with E-state index in [-0.39, 0.29) is 12.2 Å². The van der Waals surface area contributed by atoms with Crippen LogP contribution in [0.2, 0.25) is 5.15 Å². The van der Waals surface area contributed by atoms with E-state index in [9.17, 15) is 8.78 Å². The summed E-state index contributed by atoms with van der Waals surface area (Å²) in [6.45, 7) is 4.31. The fourth-order valence-electron chi connectivity index (χ4n) is 3.74. The van der Waals surface area contributed by atoms with Crippen molar-refractivity contribution in [1.29, 1.82) is 0 Å². The number of nitrogens with one attached hydrogen (secondary N) is 1. The van der Waals surface area contributed by atoms with Gasteiger partial charge >= 0.3 is 5.92 Å². The highest BCUT2D eigenvalue weighted by Crippen LogP contribution is 2.32. The number of unbranched alkanes of at least 4 members (excludes halogenated alkanes) is 2. The van der Waals surface area contributed by atoms with Gasteiger partial charge in [0.2, 0.25) is 5.82 Å². The third-order valence-electron chi connectivity index (χ3n) is 5.62. The van der Waals surface area contributed by atoms with Gasteiger partial charge in [0, 0.05) is 18.5 Å². The first-order chi connectivity index (χ1) is 16.4. The molecule has 0 aliphatic rings. The fourth-order valence-corrected chi connectivity index (χ4v) is 3.99. The number of H-pyrrole nitrogens is 1. The van der Waals surface area contributed by atoms with Crippen LogP contribution in [0.25, 0.3) is 17.2 Å². The second kappa shape index (κ2) is 10.4. The average Bonchev–Trinajstić information content (AvgIpc) is 3.57. The number of nitrogens with zero attached hydrogens (tertiary/aromatic N) is 7. The average molecular weight is 489 g/mol. The van der Waals surface area contributed by atoms with E-state index in [1.165, 1.54) is 0 Å². The first-order valence-corrected chi connectivity index (χ1v) is 11.8. The Labute approximate surface area is 201 Å². The van der Waals surface area contributed by atoms with Crippen LogP contribution in [0, 0.1) is 0 Å². The molecule has 11 heteroatoms. The van der Waals surface area contributed by atoms with E-state index in [1.54, 1.807) is 10.7 Å². The van der Waals surface area contributed by atoms with Crippen LogP contribution < -0.4 is 0 Å². The molecule has 4 aromatic rings. The Hall–Kier alpha value is -3.14. The predicted molar refractivity (Wildman–Crippen MR) is 125 cm³/mol. The highest BCUT2D eigenvalue weighted by Gasteiger charge is 2.36. The van der Waals surface area contributed by atoms with Crippen molar-refractivity contribution >= 4 is 11.6 Å². The van der Waals surface area contributed by atoms with Gasteiger partial charge in [-0.15, -0.1) is 10.2 Å². The van der Waals surface area contributed by atoms with E-state index < -0.39 is 5.92 Å². The monoisotopic (exact) mass is 488 g/mol. The summed E-state index contributed by atoms with van der Waals surface area (Å²) in [5.74, 6) is -2.32. The van der Waals surface area contributed by atoms with Gasteiger partial charge in [-0.3, -0.25) is 4.57 Å². The van der Waals surface area contributed by atoms with Crippen LogP contribution in [-0.4, -0.2) is 40.0 Å². The van der Waals surface area contributed by atoms with E-state index >= 15 is 0 Å². The Morgan fingerprint density at radius 3 is 2.47 bits per heavy atom. The number of aryl methyl sites for hydroxylation is 1. The van der Waals surface area contributed by atoms with Crippen molar-refractivity contribution in [2.75, 3.05) is 0 Å². The van der Waals surface area contributed by atoms with Crippen molar-refractivity contribution < 1.29 is 8.78 Å². The van der Waals surface area contributed by atoms with Gasteiger partial charge in [-0.2, -0.15) is 8.78 Å². The topological polar surface area (TPSA) is 90.1 Å².